The summed E-state index contributed by atoms with van der Waals surface area (Å²) in [5, 5.41) is 0. The van der Waals surface area contributed by atoms with Crippen molar-refractivity contribution in [3.8, 4) is 0 Å². The van der Waals surface area contributed by atoms with Crippen LogP contribution >= 0.6 is 0 Å². The van der Waals surface area contributed by atoms with Gasteiger partial charge >= 0.3 is 0 Å². The van der Waals surface area contributed by atoms with Gasteiger partial charge in [-0.15, -0.1) is 0 Å². The van der Waals surface area contributed by atoms with Gasteiger partial charge in [0.2, 0.25) is 17.8 Å². The molecule has 3 rings (SSSR count). The lowest BCUT2D eigenvalue weighted by molar-refractivity contribution is 0.122. The number of aromatic nitrogens is 3. The van der Waals surface area contributed by atoms with Gasteiger partial charge in [-0.05, 0) is 18.3 Å². The van der Waals surface area contributed by atoms with Crippen LogP contribution in [0.5, 0.6) is 0 Å². The summed E-state index contributed by atoms with van der Waals surface area (Å²) in [5.74, 6) is 3.18. The Morgan fingerprint density at radius 2 is 2.00 bits per heavy atom. The molecular weight excluding hydrogens is 256 g/mol. The monoisotopic (exact) mass is 278 g/mol. The van der Waals surface area contributed by atoms with Gasteiger partial charge in [0.1, 0.15) is 0 Å². The molecule has 2 heterocycles. The van der Waals surface area contributed by atoms with Gasteiger partial charge in [0.15, 0.2) is 0 Å². The molecule has 2 N–H and O–H groups in total. The first kappa shape index (κ1) is 13.4. The molecule has 1 aliphatic heterocycles. The van der Waals surface area contributed by atoms with Gasteiger partial charge in [-0.1, -0.05) is 6.92 Å². The molecule has 110 valence electrons. The Labute approximate surface area is 119 Å². The molecule has 2 atom stereocenters. The van der Waals surface area contributed by atoms with Crippen LogP contribution in [0.2, 0.25) is 0 Å². The highest BCUT2D eigenvalue weighted by molar-refractivity contribution is 5.43. The predicted molar refractivity (Wildman–Crippen MR) is 77.8 cm³/mol. The van der Waals surface area contributed by atoms with Gasteiger partial charge in [-0.3, -0.25) is 0 Å². The highest BCUT2D eigenvalue weighted by Crippen LogP contribution is 2.38. The van der Waals surface area contributed by atoms with Crippen molar-refractivity contribution < 1.29 is 4.74 Å². The Bertz CT molecular complexity index is 476. The second kappa shape index (κ2) is 5.40. The molecule has 0 spiro atoms. The summed E-state index contributed by atoms with van der Waals surface area (Å²) in [7, 11) is 2.02. The number of anilines is 3. The van der Waals surface area contributed by atoms with Crippen LogP contribution < -0.4 is 15.5 Å². The van der Waals surface area contributed by atoms with Crippen molar-refractivity contribution in [2.45, 2.75) is 13.3 Å². The van der Waals surface area contributed by atoms with E-state index in [0.717, 1.165) is 31.5 Å². The molecular formula is C13H22N6O. The number of nitrogens with two attached hydrogens (primary N) is 1. The van der Waals surface area contributed by atoms with Crippen LogP contribution in [0.25, 0.3) is 0 Å². The molecule has 2 aliphatic rings. The fraction of sp³-hybridized carbons (Fsp3) is 0.769. The largest absolute Gasteiger partial charge is 0.378 e. The predicted octanol–water partition coefficient (Wildman–Crippen LogP) is 0.383. The lowest BCUT2D eigenvalue weighted by atomic mass is 10.3. The molecule has 0 radical (unpaired) electrons. The zero-order valence-electron chi connectivity index (χ0n) is 12.1. The maximum absolute atomic E-state index is 5.83. The molecule has 1 aromatic rings. The quantitative estimate of drug-likeness (QED) is 0.853. The van der Waals surface area contributed by atoms with Crippen molar-refractivity contribution in [2.24, 2.45) is 11.8 Å². The van der Waals surface area contributed by atoms with E-state index in [1.165, 1.54) is 6.42 Å². The van der Waals surface area contributed by atoms with Crippen molar-refractivity contribution in [3.05, 3.63) is 0 Å². The molecule has 0 bridgehead atoms. The summed E-state index contributed by atoms with van der Waals surface area (Å²) in [6, 6.07) is 0. The number of hydrogen-bond acceptors (Lipinski definition) is 7. The van der Waals surface area contributed by atoms with Crippen LogP contribution in [0.3, 0.4) is 0 Å². The smallest absolute Gasteiger partial charge is 0.232 e. The zero-order valence-corrected chi connectivity index (χ0v) is 12.1. The van der Waals surface area contributed by atoms with Crippen molar-refractivity contribution in [1.29, 1.82) is 0 Å². The van der Waals surface area contributed by atoms with E-state index in [0.29, 0.717) is 25.1 Å². The fourth-order valence-electron chi connectivity index (χ4n) is 2.53. The van der Waals surface area contributed by atoms with Crippen molar-refractivity contribution >= 4 is 17.8 Å². The third-order valence-corrected chi connectivity index (χ3v) is 4.05. The highest BCUT2D eigenvalue weighted by Gasteiger charge is 2.33. The first-order valence-electron chi connectivity index (χ1n) is 7.19. The van der Waals surface area contributed by atoms with Gasteiger partial charge in [-0.25, -0.2) is 0 Å². The van der Waals surface area contributed by atoms with Crippen LogP contribution in [-0.4, -0.2) is 54.8 Å². The van der Waals surface area contributed by atoms with E-state index in [4.69, 9.17) is 10.5 Å². The molecule has 2 fully saturated rings. The number of morpholine rings is 1. The van der Waals surface area contributed by atoms with Crippen LogP contribution in [0.15, 0.2) is 0 Å². The van der Waals surface area contributed by atoms with Crippen LogP contribution in [-0.2, 0) is 4.74 Å². The fourth-order valence-corrected chi connectivity index (χ4v) is 2.53. The molecule has 20 heavy (non-hydrogen) atoms. The molecule has 7 nitrogen and oxygen atoms in total. The third-order valence-electron chi connectivity index (χ3n) is 4.05. The normalized spacial score (nSPS) is 25.6. The topological polar surface area (TPSA) is 80.4 Å². The summed E-state index contributed by atoms with van der Waals surface area (Å²) < 4.78 is 5.35. The number of ether oxygens (including phenoxy) is 1. The van der Waals surface area contributed by atoms with Crippen LogP contribution in [0.4, 0.5) is 17.8 Å². The summed E-state index contributed by atoms with van der Waals surface area (Å²) in [5.41, 5.74) is 5.83. The van der Waals surface area contributed by atoms with Gasteiger partial charge in [0, 0.05) is 26.7 Å². The minimum absolute atomic E-state index is 0.284. The van der Waals surface area contributed by atoms with Crippen molar-refractivity contribution in [1.82, 2.24) is 15.0 Å². The van der Waals surface area contributed by atoms with E-state index < -0.39 is 0 Å². The maximum Gasteiger partial charge on any atom is 0.232 e. The summed E-state index contributed by atoms with van der Waals surface area (Å²) in [6.45, 7) is 6.26. The summed E-state index contributed by atoms with van der Waals surface area (Å²) >= 11 is 0. The van der Waals surface area contributed by atoms with Crippen molar-refractivity contribution in [3.63, 3.8) is 0 Å². The van der Waals surface area contributed by atoms with E-state index in [1.54, 1.807) is 0 Å². The average Bonchev–Trinajstić information content (AvgIpc) is 3.14. The summed E-state index contributed by atoms with van der Waals surface area (Å²) in [6.07, 6.45) is 1.29. The van der Waals surface area contributed by atoms with Crippen LogP contribution in [0.1, 0.15) is 13.3 Å². The number of hydrogen-bond donors (Lipinski definition) is 1. The Morgan fingerprint density at radius 3 is 2.65 bits per heavy atom. The standard InChI is InChI=1S/C13H22N6O/c1-9-7-10(9)8-18(2)12-15-11(14)16-13(17-12)19-3-5-20-6-4-19/h9-10H,3-8H2,1-2H3,(H2,14,15,16,17). The minimum Gasteiger partial charge on any atom is -0.378 e. The maximum atomic E-state index is 5.83. The Morgan fingerprint density at radius 1 is 1.30 bits per heavy atom. The van der Waals surface area contributed by atoms with E-state index in [9.17, 15) is 0 Å². The van der Waals surface area contributed by atoms with E-state index in [2.05, 4.69) is 31.7 Å². The number of nitrogens with zero attached hydrogens (tertiary/aromatic N) is 5. The van der Waals surface area contributed by atoms with Gasteiger partial charge < -0.3 is 20.3 Å². The first-order valence-corrected chi connectivity index (χ1v) is 7.19. The number of rotatable bonds is 4. The minimum atomic E-state index is 0.284. The van der Waals surface area contributed by atoms with E-state index in [-0.39, 0.29) is 5.95 Å². The lowest BCUT2D eigenvalue weighted by Crippen LogP contribution is -2.38. The lowest BCUT2D eigenvalue weighted by Gasteiger charge is -2.27. The zero-order chi connectivity index (χ0) is 14.1. The molecule has 0 aromatic carbocycles. The molecule has 1 aromatic heterocycles. The Kier molecular flexibility index (Phi) is 3.60. The third kappa shape index (κ3) is 2.92. The first-order chi connectivity index (χ1) is 9.63. The molecule has 7 heteroatoms. The van der Waals surface area contributed by atoms with Gasteiger partial charge in [0.25, 0.3) is 0 Å². The SMILES string of the molecule is CC1CC1CN(C)c1nc(N)nc(N2CCOCC2)n1. The average molecular weight is 278 g/mol. The van der Waals surface area contributed by atoms with E-state index >= 15 is 0 Å². The van der Waals surface area contributed by atoms with Crippen LogP contribution in [0, 0.1) is 11.8 Å². The van der Waals surface area contributed by atoms with Gasteiger partial charge in [-0.2, -0.15) is 15.0 Å². The second-order valence-electron chi connectivity index (χ2n) is 5.75. The van der Waals surface area contributed by atoms with Gasteiger partial charge in [0.05, 0.1) is 13.2 Å². The Balaban J connectivity index is 1.74. The summed E-state index contributed by atoms with van der Waals surface area (Å²) in [4.78, 5) is 17.2. The molecule has 0 amide bonds. The molecule has 1 saturated heterocycles. The molecule has 2 unspecified atom stereocenters. The van der Waals surface area contributed by atoms with E-state index in [1.807, 2.05) is 7.05 Å². The molecule has 1 aliphatic carbocycles. The number of nitrogen functional groups attached to an aromatic ring is 1. The molecule has 1 saturated carbocycles. The highest BCUT2D eigenvalue weighted by atomic mass is 16.5. The Hall–Kier alpha value is -1.63. The van der Waals surface area contributed by atoms with Crippen molar-refractivity contribution in [2.75, 3.05) is 55.4 Å². The second-order valence-corrected chi connectivity index (χ2v) is 5.75.